The minimum absolute atomic E-state index is 0.287. The number of aliphatic carboxylic acids is 1. The first-order valence-corrected chi connectivity index (χ1v) is 4.62. The van der Waals surface area contributed by atoms with Gasteiger partial charge in [0.25, 0.3) is 0 Å². The molecule has 4 heteroatoms. The van der Waals surface area contributed by atoms with E-state index in [-0.39, 0.29) is 5.52 Å². The number of carboxylic acid groups (broad SMARTS) is 1. The predicted octanol–water partition coefficient (Wildman–Crippen LogP) is 2.47. The molecule has 2 aromatic rings. The number of benzene rings is 1. The molecule has 16 heavy (non-hydrogen) atoms. The van der Waals surface area contributed by atoms with E-state index in [2.05, 4.69) is 4.98 Å². The van der Waals surface area contributed by atoms with Crippen LogP contribution in [0.4, 0.5) is 4.39 Å². The highest BCUT2D eigenvalue weighted by Gasteiger charge is 2.02. The SMILES string of the molecule is O=C(O)/C=C/c1cc(F)c2ncccc2c1. The Labute approximate surface area is 90.9 Å². The largest absolute Gasteiger partial charge is 0.478 e. The molecule has 1 heterocycles. The van der Waals surface area contributed by atoms with Gasteiger partial charge in [0.05, 0.1) is 0 Å². The van der Waals surface area contributed by atoms with Gasteiger partial charge in [-0.25, -0.2) is 9.18 Å². The van der Waals surface area contributed by atoms with Crippen LogP contribution in [0.15, 0.2) is 36.5 Å². The number of pyridine rings is 1. The van der Waals surface area contributed by atoms with Crippen LogP contribution in [0.1, 0.15) is 5.56 Å². The molecule has 0 amide bonds. The van der Waals surface area contributed by atoms with Gasteiger partial charge in [0, 0.05) is 17.7 Å². The first-order chi connectivity index (χ1) is 7.66. The highest BCUT2D eigenvalue weighted by Crippen LogP contribution is 2.18. The van der Waals surface area contributed by atoms with Crippen molar-refractivity contribution in [2.45, 2.75) is 0 Å². The number of halogens is 1. The minimum atomic E-state index is -1.06. The lowest BCUT2D eigenvalue weighted by Crippen LogP contribution is -1.88. The van der Waals surface area contributed by atoms with Crippen LogP contribution in [0, 0.1) is 5.82 Å². The molecule has 0 unspecified atom stereocenters. The molecular formula is C12H8FNO2. The summed E-state index contributed by atoms with van der Waals surface area (Å²) in [6.07, 6.45) is 3.83. The van der Waals surface area contributed by atoms with E-state index in [9.17, 15) is 9.18 Å². The molecule has 0 aliphatic carbocycles. The van der Waals surface area contributed by atoms with E-state index in [0.717, 1.165) is 6.08 Å². The molecule has 0 spiro atoms. The summed E-state index contributed by atoms with van der Waals surface area (Å²) in [5, 5.41) is 9.11. The van der Waals surface area contributed by atoms with Gasteiger partial charge in [0.1, 0.15) is 11.3 Å². The molecule has 0 radical (unpaired) electrons. The normalized spacial score (nSPS) is 11.1. The predicted molar refractivity (Wildman–Crippen MR) is 58.4 cm³/mol. The molecule has 2 rings (SSSR count). The summed E-state index contributed by atoms with van der Waals surface area (Å²) < 4.78 is 13.5. The van der Waals surface area contributed by atoms with E-state index < -0.39 is 11.8 Å². The molecule has 1 aromatic heterocycles. The van der Waals surface area contributed by atoms with Crippen molar-refractivity contribution in [1.29, 1.82) is 0 Å². The number of fused-ring (bicyclic) bond motifs is 1. The van der Waals surface area contributed by atoms with E-state index in [1.165, 1.54) is 18.3 Å². The average Bonchev–Trinajstić information content (AvgIpc) is 2.26. The van der Waals surface area contributed by atoms with Gasteiger partial charge in [0.15, 0.2) is 0 Å². The molecule has 0 atom stereocenters. The first-order valence-electron chi connectivity index (χ1n) is 4.62. The third kappa shape index (κ3) is 2.06. The van der Waals surface area contributed by atoms with E-state index in [1.54, 1.807) is 18.2 Å². The van der Waals surface area contributed by atoms with Crippen molar-refractivity contribution in [1.82, 2.24) is 4.98 Å². The lowest BCUT2D eigenvalue weighted by atomic mass is 10.1. The molecule has 1 N–H and O–H groups in total. The van der Waals surface area contributed by atoms with Crippen LogP contribution in [0.2, 0.25) is 0 Å². The van der Waals surface area contributed by atoms with Gasteiger partial charge in [-0.15, -0.1) is 0 Å². The van der Waals surface area contributed by atoms with Gasteiger partial charge in [-0.2, -0.15) is 0 Å². The molecule has 80 valence electrons. The molecular weight excluding hydrogens is 209 g/mol. The van der Waals surface area contributed by atoms with Crippen molar-refractivity contribution < 1.29 is 14.3 Å². The minimum Gasteiger partial charge on any atom is -0.478 e. The van der Waals surface area contributed by atoms with Crippen LogP contribution in [-0.4, -0.2) is 16.1 Å². The van der Waals surface area contributed by atoms with Gasteiger partial charge in [-0.3, -0.25) is 4.98 Å². The quantitative estimate of drug-likeness (QED) is 0.786. The third-order valence-electron chi connectivity index (χ3n) is 2.10. The zero-order valence-corrected chi connectivity index (χ0v) is 8.22. The van der Waals surface area contributed by atoms with E-state index in [1.807, 2.05) is 0 Å². The standard InChI is InChI=1S/C12H8FNO2/c13-10-7-8(3-4-11(15)16)6-9-2-1-5-14-12(9)10/h1-7H,(H,15,16)/b4-3+. The summed E-state index contributed by atoms with van der Waals surface area (Å²) in [6, 6.07) is 6.37. The number of carbonyl (C=O) groups is 1. The van der Waals surface area contributed by atoms with Gasteiger partial charge in [-0.05, 0) is 29.8 Å². The first kappa shape index (κ1) is 10.3. The molecule has 0 aliphatic heterocycles. The van der Waals surface area contributed by atoms with Gasteiger partial charge in [0.2, 0.25) is 0 Å². The number of nitrogens with zero attached hydrogens (tertiary/aromatic N) is 1. The van der Waals surface area contributed by atoms with Crippen molar-refractivity contribution in [2.75, 3.05) is 0 Å². The smallest absolute Gasteiger partial charge is 0.328 e. The molecule has 3 nitrogen and oxygen atoms in total. The Morgan fingerprint density at radius 1 is 1.44 bits per heavy atom. The van der Waals surface area contributed by atoms with Crippen molar-refractivity contribution >= 4 is 22.9 Å². The van der Waals surface area contributed by atoms with Crippen molar-refractivity contribution in [3.8, 4) is 0 Å². The zero-order chi connectivity index (χ0) is 11.5. The number of hydrogen-bond acceptors (Lipinski definition) is 2. The lowest BCUT2D eigenvalue weighted by molar-refractivity contribution is -0.131. The van der Waals surface area contributed by atoms with Crippen molar-refractivity contribution in [3.05, 3.63) is 47.9 Å². The zero-order valence-electron chi connectivity index (χ0n) is 8.22. The Morgan fingerprint density at radius 3 is 3.00 bits per heavy atom. The van der Waals surface area contributed by atoms with Crippen LogP contribution in [0.5, 0.6) is 0 Å². The lowest BCUT2D eigenvalue weighted by Gasteiger charge is -2.00. The summed E-state index contributed by atoms with van der Waals surface area (Å²) in [5.41, 5.74) is 0.787. The van der Waals surface area contributed by atoms with Crippen LogP contribution in [-0.2, 0) is 4.79 Å². The Kier molecular flexibility index (Phi) is 2.64. The maximum Gasteiger partial charge on any atom is 0.328 e. The number of hydrogen-bond donors (Lipinski definition) is 1. The maximum atomic E-state index is 13.5. The molecule has 1 aromatic carbocycles. The number of aromatic nitrogens is 1. The van der Waals surface area contributed by atoms with Crippen molar-refractivity contribution in [3.63, 3.8) is 0 Å². The summed E-state index contributed by atoms with van der Waals surface area (Å²) in [5.74, 6) is -1.52. The topological polar surface area (TPSA) is 50.2 Å². The fourth-order valence-corrected chi connectivity index (χ4v) is 1.43. The van der Waals surface area contributed by atoms with Crippen molar-refractivity contribution in [2.24, 2.45) is 0 Å². The number of rotatable bonds is 2. The molecule has 0 saturated heterocycles. The van der Waals surface area contributed by atoms with Crippen LogP contribution in [0.25, 0.3) is 17.0 Å². The Bertz CT molecular complexity index is 578. The van der Waals surface area contributed by atoms with Gasteiger partial charge >= 0.3 is 5.97 Å². The molecule has 0 bridgehead atoms. The van der Waals surface area contributed by atoms with E-state index in [0.29, 0.717) is 10.9 Å². The highest BCUT2D eigenvalue weighted by molar-refractivity contribution is 5.87. The summed E-state index contributed by atoms with van der Waals surface area (Å²) in [6.45, 7) is 0. The van der Waals surface area contributed by atoms with Crippen LogP contribution >= 0.6 is 0 Å². The fourth-order valence-electron chi connectivity index (χ4n) is 1.43. The van der Waals surface area contributed by atoms with E-state index in [4.69, 9.17) is 5.11 Å². The van der Waals surface area contributed by atoms with Gasteiger partial charge in [-0.1, -0.05) is 6.07 Å². The van der Waals surface area contributed by atoms with Crippen LogP contribution < -0.4 is 0 Å². The monoisotopic (exact) mass is 217 g/mol. The number of carboxylic acids is 1. The maximum absolute atomic E-state index is 13.5. The second-order valence-electron chi connectivity index (χ2n) is 3.25. The molecule has 0 fully saturated rings. The average molecular weight is 217 g/mol. The summed E-state index contributed by atoms with van der Waals surface area (Å²) >= 11 is 0. The van der Waals surface area contributed by atoms with Crippen LogP contribution in [0.3, 0.4) is 0 Å². The Balaban J connectivity index is 2.54. The Hall–Kier alpha value is -2.23. The second-order valence-corrected chi connectivity index (χ2v) is 3.25. The van der Waals surface area contributed by atoms with Gasteiger partial charge < -0.3 is 5.11 Å². The summed E-state index contributed by atoms with van der Waals surface area (Å²) in [7, 11) is 0. The second kappa shape index (κ2) is 4.10. The fraction of sp³-hybridized carbons (Fsp3) is 0. The third-order valence-corrected chi connectivity index (χ3v) is 2.10. The molecule has 0 aliphatic rings. The summed E-state index contributed by atoms with van der Waals surface area (Å²) in [4.78, 5) is 14.2. The Morgan fingerprint density at radius 2 is 2.25 bits per heavy atom. The van der Waals surface area contributed by atoms with E-state index >= 15 is 0 Å². The molecule has 0 saturated carbocycles. The highest BCUT2D eigenvalue weighted by atomic mass is 19.1.